The molecule has 1 saturated carbocycles. The summed E-state index contributed by atoms with van der Waals surface area (Å²) in [6.07, 6.45) is 5.25. The van der Waals surface area contributed by atoms with Crippen LogP contribution in [0.2, 0.25) is 0 Å². The molecule has 0 spiro atoms. The second-order valence-corrected chi connectivity index (χ2v) is 4.56. The van der Waals surface area contributed by atoms with Gasteiger partial charge in [-0.1, -0.05) is 6.42 Å². The first kappa shape index (κ1) is 12.5. The van der Waals surface area contributed by atoms with Crippen LogP contribution >= 0.6 is 0 Å². The minimum atomic E-state index is 0.305. The van der Waals surface area contributed by atoms with E-state index in [9.17, 15) is 4.79 Å². The van der Waals surface area contributed by atoms with Crippen LogP contribution in [0.5, 0.6) is 0 Å². The normalized spacial score (nSPS) is 26.3. The summed E-state index contributed by atoms with van der Waals surface area (Å²) in [5.41, 5.74) is 5.92. The van der Waals surface area contributed by atoms with Crippen molar-refractivity contribution in [3.05, 3.63) is 0 Å². The molecule has 2 unspecified atom stereocenters. The Morgan fingerprint density at radius 2 is 2.00 bits per heavy atom. The van der Waals surface area contributed by atoms with Crippen LogP contribution in [0.3, 0.4) is 0 Å². The van der Waals surface area contributed by atoms with Gasteiger partial charge in [-0.3, -0.25) is 4.79 Å². The van der Waals surface area contributed by atoms with Crippen molar-refractivity contribution >= 4 is 5.91 Å². The fourth-order valence-corrected chi connectivity index (χ4v) is 2.47. The number of hydrogen-bond donors (Lipinski definition) is 1. The van der Waals surface area contributed by atoms with Crippen molar-refractivity contribution in [3.63, 3.8) is 0 Å². The molecule has 1 aliphatic rings. The van der Waals surface area contributed by atoms with E-state index < -0.39 is 0 Å². The Morgan fingerprint density at radius 1 is 1.33 bits per heavy atom. The first-order valence-corrected chi connectivity index (χ1v) is 6.20. The third-order valence-corrected chi connectivity index (χ3v) is 3.40. The third-order valence-electron chi connectivity index (χ3n) is 3.40. The number of carbonyl (C=O) groups excluding carboxylic acids is 1. The quantitative estimate of drug-likeness (QED) is 0.772. The third kappa shape index (κ3) is 3.82. The number of nitrogens with two attached hydrogens (primary N) is 1. The van der Waals surface area contributed by atoms with Crippen LogP contribution < -0.4 is 5.73 Å². The van der Waals surface area contributed by atoms with Crippen molar-refractivity contribution < 1.29 is 4.79 Å². The Bertz CT molecular complexity index is 202. The highest BCUT2D eigenvalue weighted by Crippen LogP contribution is 2.26. The topological polar surface area (TPSA) is 46.3 Å². The van der Waals surface area contributed by atoms with Gasteiger partial charge in [0.15, 0.2) is 0 Å². The SMILES string of the molecule is CCN(CC)C(=O)CC1CCCC(N)C1. The number of hydrogen-bond acceptors (Lipinski definition) is 2. The van der Waals surface area contributed by atoms with Gasteiger partial charge in [-0.2, -0.15) is 0 Å². The summed E-state index contributed by atoms with van der Waals surface area (Å²) in [5.74, 6) is 0.834. The van der Waals surface area contributed by atoms with Gasteiger partial charge in [-0.25, -0.2) is 0 Å². The maximum atomic E-state index is 11.9. The summed E-state index contributed by atoms with van der Waals surface area (Å²) in [7, 11) is 0. The number of nitrogens with zero attached hydrogens (tertiary/aromatic N) is 1. The molecule has 0 aliphatic heterocycles. The lowest BCUT2D eigenvalue weighted by Crippen LogP contribution is -2.34. The van der Waals surface area contributed by atoms with Gasteiger partial charge in [0.2, 0.25) is 5.91 Å². The molecule has 0 saturated heterocycles. The first-order chi connectivity index (χ1) is 7.17. The van der Waals surface area contributed by atoms with E-state index in [1.165, 1.54) is 12.8 Å². The molecule has 15 heavy (non-hydrogen) atoms. The number of carbonyl (C=O) groups is 1. The van der Waals surface area contributed by atoms with Gasteiger partial charge in [-0.15, -0.1) is 0 Å². The van der Waals surface area contributed by atoms with E-state index in [0.29, 0.717) is 24.3 Å². The average molecular weight is 212 g/mol. The van der Waals surface area contributed by atoms with E-state index in [1.807, 2.05) is 18.7 Å². The number of amides is 1. The average Bonchev–Trinajstić information content (AvgIpc) is 2.19. The summed E-state index contributed by atoms with van der Waals surface area (Å²) in [6.45, 7) is 5.73. The van der Waals surface area contributed by atoms with Crippen LogP contribution in [0.1, 0.15) is 46.0 Å². The fraction of sp³-hybridized carbons (Fsp3) is 0.917. The maximum Gasteiger partial charge on any atom is 0.222 e. The molecule has 0 radical (unpaired) electrons. The molecular weight excluding hydrogens is 188 g/mol. The molecule has 0 aromatic carbocycles. The highest BCUT2D eigenvalue weighted by atomic mass is 16.2. The molecule has 3 nitrogen and oxygen atoms in total. The monoisotopic (exact) mass is 212 g/mol. The Balaban J connectivity index is 2.36. The van der Waals surface area contributed by atoms with Crippen LogP contribution in [-0.4, -0.2) is 29.9 Å². The van der Waals surface area contributed by atoms with E-state index in [0.717, 1.165) is 25.9 Å². The molecular formula is C12H24N2O. The lowest BCUT2D eigenvalue weighted by atomic mass is 9.84. The second-order valence-electron chi connectivity index (χ2n) is 4.56. The van der Waals surface area contributed by atoms with Crippen LogP contribution in [0, 0.1) is 5.92 Å². The van der Waals surface area contributed by atoms with Gasteiger partial charge in [0.25, 0.3) is 0 Å². The lowest BCUT2D eigenvalue weighted by Gasteiger charge is -2.28. The Morgan fingerprint density at radius 3 is 2.53 bits per heavy atom. The summed E-state index contributed by atoms with van der Waals surface area (Å²) >= 11 is 0. The van der Waals surface area contributed by atoms with Crippen molar-refractivity contribution in [2.24, 2.45) is 11.7 Å². The zero-order valence-electron chi connectivity index (χ0n) is 10.0. The van der Waals surface area contributed by atoms with Gasteiger partial charge >= 0.3 is 0 Å². The molecule has 0 bridgehead atoms. The smallest absolute Gasteiger partial charge is 0.222 e. The fourth-order valence-electron chi connectivity index (χ4n) is 2.47. The molecule has 0 aromatic heterocycles. The standard InChI is InChI=1S/C12H24N2O/c1-3-14(4-2)12(15)9-10-6-5-7-11(13)8-10/h10-11H,3-9,13H2,1-2H3. The van der Waals surface area contributed by atoms with Crippen LogP contribution in [0.4, 0.5) is 0 Å². The zero-order chi connectivity index (χ0) is 11.3. The molecule has 3 heteroatoms. The van der Waals surface area contributed by atoms with Gasteiger partial charge in [-0.05, 0) is 39.0 Å². The molecule has 0 heterocycles. The first-order valence-electron chi connectivity index (χ1n) is 6.20. The molecule has 2 N–H and O–H groups in total. The second kappa shape index (κ2) is 6.11. The van der Waals surface area contributed by atoms with Gasteiger partial charge in [0.1, 0.15) is 0 Å². The van der Waals surface area contributed by atoms with E-state index in [2.05, 4.69) is 0 Å². The summed E-state index contributed by atoms with van der Waals surface area (Å²) in [5, 5.41) is 0. The van der Waals surface area contributed by atoms with E-state index in [-0.39, 0.29) is 0 Å². The molecule has 1 aliphatic carbocycles. The molecule has 1 rings (SSSR count). The van der Waals surface area contributed by atoms with E-state index in [1.54, 1.807) is 0 Å². The van der Waals surface area contributed by atoms with Crippen LogP contribution in [0.15, 0.2) is 0 Å². The highest BCUT2D eigenvalue weighted by molar-refractivity contribution is 5.76. The molecule has 1 fully saturated rings. The molecule has 2 atom stereocenters. The highest BCUT2D eigenvalue weighted by Gasteiger charge is 2.23. The van der Waals surface area contributed by atoms with Crippen molar-refractivity contribution in [2.45, 2.75) is 52.0 Å². The predicted molar refractivity (Wildman–Crippen MR) is 62.5 cm³/mol. The van der Waals surface area contributed by atoms with E-state index >= 15 is 0 Å². The van der Waals surface area contributed by atoms with Crippen molar-refractivity contribution in [1.29, 1.82) is 0 Å². The van der Waals surface area contributed by atoms with Crippen molar-refractivity contribution in [3.8, 4) is 0 Å². The summed E-state index contributed by atoms with van der Waals surface area (Å²) < 4.78 is 0. The largest absolute Gasteiger partial charge is 0.343 e. The Kier molecular flexibility index (Phi) is 5.09. The maximum absolute atomic E-state index is 11.9. The summed E-state index contributed by atoms with van der Waals surface area (Å²) in [4.78, 5) is 13.8. The van der Waals surface area contributed by atoms with Crippen LogP contribution in [-0.2, 0) is 4.79 Å². The molecule has 0 aromatic rings. The minimum Gasteiger partial charge on any atom is -0.343 e. The Hall–Kier alpha value is -0.570. The molecule has 1 amide bonds. The lowest BCUT2D eigenvalue weighted by molar-refractivity contribution is -0.132. The zero-order valence-corrected chi connectivity index (χ0v) is 10.0. The summed E-state index contributed by atoms with van der Waals surface area (Å²) in [6, 6.07) is 0.327. The minimum absolute atomic E-state index is 0.305. The van der Waals surface area contributed by atoms with E-state index in [4.69, 9.17) is 5.73 Å². The molecule has 88 valence electrons. The van der Waals surface area contributed by atoms with Crippen molar-refractivity contribution in [1.82, 2.24) is 4.90 Å². The Labute approximate surface area is 93.0 Å². The van der Waals surface area contributed by atoms with Crippen molar-refractivity contribution in [2.75, 3.05) is 13.1 Å². The van der Waals surface area contributed by atoms with Gasteiger partial charge < -0.3 is 10.6 Å². The van der Waals surface area contributed by atoms with Crippen LogP contribution in [0.25, 0.3) is 0 Å². The number of rotatable bonds is 4. The van der Waals surface area contributed by atoms with Gasteiger partial charge in [0.05, 0.1) is 0 Å². The van der Waals surface area contributed by atoms with Gasteiger partial charge in [0, 0.05) is 25.6 Å². The predicted octanol–water partition coefficient (Wildman–Crippen LogP) is 1.76.